The van der Waals surface area contributed by atoms with Gasteiger partial charge in [-0.15, -0.1) is 0 Å². The fourth-order valence-electron chi connectivity index (χ4n) is 2.74. The Balaban J connectivity index is 1.52. The van der Waals surface area contributed by atoms with Crippen LogP contribution in [0.4, 0.5) is 10.1 Å². The van der Waals surface area contributed by atoms with Crippen molar-refractivity contribution >= 4 is 17.3 Å². The zero-order valence-electron chi connectivity index (χ0n) is 12.3. The molecule has 1 N–H and O–H groups in total. The lowest BCUT2D eigenvalue weighted by Crippen LogP contribution is -2.11. The van der Waals surface area contributed by atoms with Crippen LogP contribution in [0.3, 0.4) is 0 Å². The second-order valence-corrected chi connectivity index (χ2v) is 6.17. The minimum absolute atomic E-state index is 0.444. The lowest BCUT2D eigenvalue weighted by molar-refractivity contribution is 0.333. The zero-order chi connectivity index (χ0) is 15.4. The first-order chi connectivity index (χ1) is 10.7. The summed E-state index contributed by atoms with van der Waals surface area (Å²) >= 11 is 5.85. The molecular formula is C18H19ClFNO. The van der Waals surface area contributed by atoms with Gasteiger partial charge >= 0.3 is 0 Å². The van der Waals surface area contributed by atoms with Crippen LogP contribution in [0.25, 0.3) is 0 Å². The Morgan fingerprint density at radius 3 is 2.23 bits per heavy atom. The average Bonchev–Trinajstić information content (AvgIpc) is 2.94. The summed E-state index contributed by atoms with van der Waals surface area (Å²) in [6.45, 7) is 0.831. The highest BCUT2D eigenvalue weighted by Crippen LogP contribution is 2.28. The summed E-state index contributed by atoms with van der Waals surface area (Å²) in [4.78, 5) is 0. The monoisotopic (exact) mass is 319 g/mol. The van der Waals surface area contributed by atoms with E-state index in [-0.39, 0.29) is 0 Å². The largest absolute Gasteiger partial charge is 0.457 e. The van der Waals surface area contributed by atoms with Crippen LogP contribution in [-0.2, 0) is 0 Å². The lowest BCUT2D eigenvalue weighted by atomic mass is 10.1. The summed E-state index contributed by atoms with van der Waals surface area (Å²) in [7, 11) is 0. The molecule has 2 aromatic carbocycles. The predicted octanol–water partition coefficient (Wildman–Crippen LogP) is 5.68. The van der Waals surface area contributed by atoms with Gasteiger partial charge < -0.3 is 10.1 Å². The van der Waals surface area contributed by atoms with E-state index >= 15 is 0 Å². The second-order valence-electron chi connectivity index (χ2n) is 5.74. The third kappa shape index (κ3) is 4.14. The molecule has 22 heavy (non-hydrogen) atoms. The normalized spacial score (nSPS) is 20.8. The molecule has 2 aromatic rings. The quantitative estimate of drug-likeness (QED) is 0.765. The van der Waals surface area contributed by atoms with E-state index in [2.05, 4.69) is 5.32 Å². The number of benzene rings is 2. The van der Waals surface area contributed by atoms with E-state index in [1.54, 1.807) is 12.1 Å². The van der Waals surface area contributed by atoms with Crippen molar-refractivity contribution in [1.29, 1.82) is 0 Å². The lowest BCUT2D eigenvalue weighted by Gasteiger charge is -2.12. The van der Waals surface area contributed by atoms with E-state index in [9.17, 15) is 4.39 Å². The minimum atomic E-state index is -0.609. The number of anilines is 1. The van der Waals surface area contributed by atoms with E-state index in [1.807, 2.05) is 36.4 Å². The van der Waals surface area contributed by atoms with Gasteiger partial charge in [-0.3, -0.25) is 0 Å². The summed E-state index contributed by atoms with van der Waals surface area (Å²) < 4.78 is 18.9. The summed E-state index contributed by atoms with van der Waals surface area (Å²) in [5.41, 5.74) is 1.03. The number of alkyl halides is 1. The van der Waals surface area contributed by atoms with E-state index in [1.165, 1.54) is 0 Å². The summed E-state index contributed by atoms with van der Waals surface area (Å²) in [5, 5.41) is 4.06. The van der Waals surface area contributed by atoms with E-state index in [0.717, 1.165) is 30.2 Å². The maximum atomic E-state index is 13.1. The Morgan fingerprint density at radius 2 is 1.64 bits per heavy atom. The Hall–Kier alpha value is -1.74. The number of rotatable bonds is 5. The molecule has 0 bridgehead atoms. The molecule has 1 fully saturated rings. The van der Waals surface area contributed by atoms with Gasteiger partial charge in [-0.25, -0.2) is 4.39 Å². The average molecular weight is 320 g/mol. The summed E-state index contributed by atoms with van der Waals surface area (Å²) in [6, 6.07) is 15.1. The Kier molecular flexibility index (Phi) is 4.84. The standard InChI is InChI=1S/C18H19ClFNO/c19-14-2-7-17(8-3-14)22-18-9-5-16(6-10-18)21-12-13-1-4-15(20)11-13/h2-3,5-10,13,15,21H,1,4,11-12H2. The molecule has 0 aliphatic heterocycles. The van der Waals surface area contributed by atoms with Crippen molar-refractivity contribution in [3.63, 3.8) is 0 Å². The van der Waals surface area contributed by atoms with Crippen molar-refractivity contribution in [3.05, 3.63) is 53.6 Å². The molecule has 0 spiro atoms. The molecule has 1 saturated carbocycles. The summed E-state index contributed by atoms with van der Waals surface area (Å²) in [5.74, 6) is 1.97. The molecule has 2 atom stereocenters. The van der Waals surface area contributed by atoms with Gasteiger partial charge in [-0.2, -0.15) is 0 Å². The van der Waals surface area contributed by atoms with E-state index < -0.39 is 6.17 Å². The predicted molar refractivity (Wildman–Crippen MR) is 88.7 cm³/mol. The van der Waals surface area contributed by atoms with Gasteiger partial charge in [0.25, 0.3) is 0 Å². The van der Waals surface area contributed by atoms with Crippen molar-refractivity contribution < 1.29 is 9.13 Å². The van der Waals surface area contributed by atoms with E-state index in [0.29, 0.717) is 23.8 Å². The first kappa shape index (κ1) is 15.2. The van der Waals surface area contributed by atoms with Crippen LogP contribution in [0.5, 0.6) is 11.5 Å². The van der Waals surface area contributed by atoms with Crippen LogP contribution < -0.4 is 10.1 Å². The highest BCUT2D eigenvalue weighted by molar-refractivity contribution is 6.30. The van der Waals surface area contributed by atoms with Gasteiger partial charge in [-0.1, -0.05) is 11.6 Å². The van der Waals surface area contributed by atoms with Crippen LogP contribution in [0.1, 0.15) is 19.3 Å². The molecule has 2 unspecified atom stereocenters. The summed E-state index contributed by atoms with van der Waals surface area (Å²) in [6.07, 6.45) is 1.76. The molecule has 3 rings (SSSR count). The van der Waals surface area contributed by atoms with Crippen LogP contribution >= 0.6 is 11.6 Å². The molecular weight excluding hydrogens is 301 g/mol. The molecule has 0 saturated heterocycles. The molecule has 116 valence electrons. The zero-order valence-corrected chi connectivity index (χ0v) is 13.0. The number of ether oxygens (including phenoxy) is 1. The first-order valence-electron chi connectivity index (χ1n) is 7.60. The van der Waals surface area contributed by atoms with Crippen molar-refractivity contribution in [2.45, 2.75) is 25.4 Å². The van der Waals surface area contributed by atoms with Crippen LogP contribution in [0, 0.1) is 5.92 Å². The molecule has 2 nitrogen and oxygen atoms in total. The molecule has 0 radical (unpaired) electrons. The van der Waals surface area contributed by atoms with Crippen molar-refractivity contribution in [2.75, 3.05) is 11.9 Å². The van der Waals surface area contributed by atoms with Gasteiger partial charge in [0.05, 0.1) is 0 Å². The SMILES string of the molecule is FC1CCC(CNc2ccc(Oc3ccc(Cl)cc3)cc2)C1. The number of hydrogen-bond donors (Lipinski definition) is 1. The van der Waals surface area contributed by atoms with Gasteiger partial charge in [0, 0.05) is 17.3 Å². The number of hydrogen-bond acceptors (Lipinski definition) is 2. The van der Waals surface area contributed by atoms with Crippen LogP contribution in [0.15, 0.2) is 48.5 Å². The van der Waals surface area contributed by atoms with Gasteiger partial charge in [0.2, 0.25) is 0 Å². The van der Waals surface area contributed by atoms with E-state index in [4.69, 9.17) is 16.3 Å². The fraction of sp³-hybridized carbons (Fsp3) is 0.333. The Labute approximate surface area is 135 Å². The molecule has 0 heterocycles. The Morgan fingerprint density at radius 1 is 1.00 bits per heavy atom. The fourth-order valence-corrected chi connectivity index (χ4v) is 2.87. The van der Waals surface area contributed by atoms with Gasteiger partial charge in [-0.05, 0) is 73.7 Å². The topological polar surface area (TPSA) is 21.3 Å². The number of nitrogens with one attached hydrogen (secondary N) is 1. The van der Waals surface area contributed by atoms with Gasteiger partial charge in [0.1, 0.15) is 17.7 Å². The third-order valence-electron chi connectivity index (χ3n) is 3.98. The molecule has 4 heteroatoms. The van der Waals surface area contributed by atoms with Crippen molar-refractivity contribution in [3.8, 4) is 11.5 Å². The molecule has 0 aromatic heterocycles. The maximum absolute atomic E-state index is 13.1. The van der Waals surface area contributed by atoms with Crippen molar-refractivity contribution in [1.82, 2.24) is 0 Å². The molecule has 1 aliphatic rings. The van der Waals surface area contributed by atoms with Gasteiger partial charge in [0.15, 0.2) is 0 Å². The maximum Gasteiger partial charge on any atom is 0.127 e. The smallest absolute Gasteiger partial charge is 0.127 e. The third-order valence-corrected chi connectivity index (χ3v) is 4.23. The van der Waals surface area contributed by atoms with Crippen LogP contribution in [-0.4, -0.2) is 12.7 Å². The molecule has 1 aliphatic carbocycles. The highest BCUT2D eigenvalue weighted by atomic mass is 35.5. The number of halogens is 2. The highest BCUT2D eigenvalue weighted by Gasteiger charge is 2.23. The molecule has 0 amide bonds. The first-order valence-corrected chi connectivity index (χ1v) is 7.98. The Bertz CT molecular complexity index is 599. The van der Waals surface area contributed by atoms with Crippen LogP contribution in [0.2, 0.25) is 5.02 Å². The van der Waals surface area contributed by atoms with Crippen molar-refractivity contribution in [2.24, 2.45) is 5.92 Å². The minimum Gasteiger partial charge on any atom is -0.457 e. The second kappa shape index (κ2) is 7.01.